The van der Waals surface area contributed by atoms with Gasteiger partial charge in [-0.2, -0.15) is 5.10 Å². The van der Waals surface area contributed by atoms with Crippen LogP contribution in [0, 0.1) is 0 Å². The summed E-state index contributed by atoms with van der Waals surface area (Å²) in [6.45, 7) is 2.34. The van der Waals surface area contributed by atoms with Crippen molar-refractivity contribution in [2.75, 3.05) is 0 Å². The topological polar surface area (TPSA) is 61.0 Å². The van der Waals surface area contributed by atoms with Crippen LogP contribution in [-0.2, 0) is 6.54 Å². The van der Waals surface area contributed by atoms with Crippen molar-refractivity contribution in [3.8, 4) is 11.6 Å². The van der Waals surface area contributed by atoms with Gasteiger partial charge >= 0.3 is 0 Å². The molecule has 18 heavy (non-hydrogen) atoms. The maximum absolute atomic E-state index is 5.70. The molecule has 0 saturated carbocycles. The lowest BCUT2D eigenvalue weighted by molar-refractivity contribution is 0.453. The molecule has 0 aliphatic heterocycles. The SMILES string of the molecule is CC=Cc1ccccc1Oc1ccc(CN)nn1. The summed E-state index contributed by atoms with van der Waals surface area (Å²) < 4.78 is 5.70. The standard InChI is InChI=1S/C14H15N3O/c1-2-5-11-6-3-4-7-13(11)18-14-9-8-12(10-15)16-17-14/h2-9H,10,15H2,1H3. The summed E-state index contributed by atoms with van der Waals surface area (Å²) in [6.07, 6.45) is 3.95. The van der Waals surface area contributed by atoms with Crippen molar-refractivity contribution in [1.29, 1.82) is 0 Å². The zero-order valence-electron chi connectivity index (χ0n) is 10.2. The fourth-order valence-electron chi connectivity index (χ4n) is 1.51. The smallest absolute Gasteiger partial charge is 0.238 e. The first-order valence-corrected chi connectivity index (χ1v) is 5.75. The van der Waals surface area contributed by atoms with Crippen molar-refractivity contribution in [2.24, 2.45) is 5.73 Å². The largest absolute Gasteiger partial charge is 0.437 e. The lowest BCUT2D eigenvalue weighted by Crippen LogP contribution is -2.01. The molecule has 0 amide bonds. The van der Waals surface area contributed by atoms with Gasteiger partial charge in [-0.25, -0.2) is 0 Å². The van der Waals surface area contributed by atoms with E-state index in [0.29, 0.717) is 12.4 Å². The van der Waals surface area contributed by atoms with E-state index in [2.05, 4.69) is 10.2 Å². The van der Waals surface area contributed by atoms with Gasteiger partial charge in [0, 0.05) is 18.2 Å². The van der Waals surface area contributed by atoms with Crippen molar-refractivity contribution >= 4 is 6.08 Å². The number of hydrogen-bond acceptors (Lipinski definition) is 4. The minimum absolute atomic E-state index is 0.377. The Kier molecular flexibility index (Phi) is 4.04. The fraction of sp³-hybridized carbons (Fsp3) is 0.143. The molecule has 0 atom stereocenters. The second-order valence-corrected chi connectivity index (χ2v) is 3.71. The van der Waals surface area contributed by atoms with Crippen LogP contribution >= 0.6 is 0 Å². The van der Waals surface area contributed by atoms with Gasteiger partial charge in [-0.1, -0.05) is 30.4 Å². The summed E-state index contributed by atoms with van der Waals surface area (Å²) in [5.41, 5.74) is 7.21. The van der Waals surface area contributed by atoms with Crippen LogP contribution in [0.1, 0.15) is 18.2 Å². The van der Waals surface area contributed by atoms with Gasteiger partial charge in [0.1, 0.15) is 5.75 Å². The Hall–Kier alpha value is -2.20. The highest BCUT2D eigenvalue weighted by molar-refractivity contribution is 5.57. The third-order valence-electron chi connectivity index (χ3n) is 2.38. The molecule has 1 aromatic carbocycles. The maximum atomic E-state index is 5.70. The van der Waals surface area contributed by atoms with Crippen LogP contribution in [0.25, 0.3) is 6.08 Å². The molecule has 0 spiro atoms. The number of para-hydroxylation sites is 1. The van der Waals surface area contributed by atoms with Gasteiger partial charge in [-0.05, 0) is 19.1 Å². The second-order valence-electron chi connectivity index (χ2n) is 3.71. The number of aromatic nitrogens is 2. The van der Waals surface area contributed by atoms with E-state index in [1.807, 2.05) is 43.3 Å². The first-order chi connectivity index (χ1) is 8.83. The molecule has 92 valence electrons. The predicted octanol–water partition coefficient (Wildman–Crippen LogP) is 2.76. The van der Waals surface area contributed by atoms with Crippen LogP contribution in [0.4, 0.5) is 0 Å². The van der Waals surface area contributed by atoms with Crippen LogP contribution in [0.15, 0.2) is 42.5 Å². The first kappa shape index (κ1) is 12.3. The van der Waals surface area contributed by atoms with E-state index >= 15 is 0 Å². The summed E-state index contributed by atoms with van der Waals surface area (Å²) in [6, 6.07) is 11.3. The average Bonchev–Trinajstić information content (AvgIpc) is 2.42. The number of nitrogens with two attached hydrogens (primary N) is 1. The van der Waals surface area contributed by atoms with Gasteiger partial charge in [-0.15, -0.1) is 5.10 Å². The molecule has 2 rings (SSSR count). The molecule has 0 aliphatic carbocycles. The van der Waals surface area contributed by atoms with Crippen LogP contribution in [0.5, 0.6) is 11.6 Å². The highest BCUT2D eigenvalue weighted by Crippen LogP contribution is 2.24. The number of rotatable bonds is 4. The summed E-state index contributed by atoms with van der Waals surface area (Å²) in [5, 5.41) is 7.92. The fourth-order valence-corrected chi connectivity index (χ4v) is 1.51. The molecule has 0 radical (unpaired) electrons. The predicted molar refractivity (Wildman–Crippen MR) is 71.1 cm³/mol. The van der Waals surface area contributed by atoms with Gasteiger partial charge in [-0.3, -0.25) is 0 Å². The Balaban J connectivity index is 2.22. The van der Waals surface area contributed by atoms with Gasteiger partial charge in [0.15, 0.2) is 0 Å². The molecule has 1 heterocycles. The van der Waals surface area contributed by atoms with Gasteiger partial charge in [0.25, 0.3) is 0 Å². The summed E-state index contributed by atoms with van der Waals surface area (Å²) in [4.78, 5) is 0. The Bertz CT molecular complexity index is 535. The minimum Gasteiger partial charge on any atom is -0.437 e. The quantitative estimate of drug-likeness (QED) is 0.894. The Morgan fingerprint density at radius 3 is 2.67 bits per heavy atom. The van der Waals surface area contributed by atoms with Crippen molar-refractivity contribution < 1.29 is 4.74 Å². The molecule has 1 aromatic heterocycles. The molecule has 0 bridgehead atoms. The minimum atomic E-state index is 0.377. The molecule has 0 unspecified atom stereocenters. The molecular formula is C14H15N3O. The molecule has 4 heteroatoms. The van der Waals surface area contributed by atoms with E-state index in [0.717, 1.165) is 17.0 Å². The van der Waals surface area contributed by atoms with E-state index in [1.165, 1.54) is 0 Å². The number of hydrogen-bond donors (Lipinski definition) is 1. The Morgan fingerprint density at radius 1 is 1.17 bits per heavy atom. The second kappa shape index (κ2) is 5.93. The highest BCUT2D eigenvalue weighted by Gasteiger charge is 2.03. The first-order valence-electron chi connectivity index (χ1n) is 5.75. The third kappa shape index (κ3) is 2.93. The number of benzene rings is 1. The van der Waals surface area contributed by atoms with Crippen molar-refractivity contribution in [3.63, 3.8) is 0 Å². The van der Waals surface area contributed by atoms with Gasteiger partial charge < -0.3 is 10.5 Å². The van der Waals surface area contributed by atoms with Gasteiger partial charge in [0.2, 0.25) is 5.88 Å². The van der Waals surface area contributed by atoms with Crippen LogP contribution in [-0.4, -0.2) is 10.2 Å². The van der Waals surface area contributed by atoms with E-state index in [9.17, 15) is 0 Å². The summed E-state index contributed by atoms with van der Waals surface area (Å²) in [5.74, 6) is 1.22. The maximum Gasteiger partial charge on any atom is 0.238 e. The monoisotopic (exact) mass is 241 g/mol. The Morgan fingerprint density at radius 2 is 2.00 bits per heavy atom. The lowest BCUT2D eigenvalue weighted by Gasteiger charge is -2.07. The van der Waals surface area contributed by atoms with Crippen molar-refractivity contribution in [3.05, 3.63) is 53.7 Å². The van der Waals surface area contributed by atoms with Crippen molar-refractivity contribution in [2.45, 2.75) is 13.5 Å². The molecule has 0 saturated heterocycles. The molecular weight excluding hydrogens is 226 g/mol. The van der Waals surface area contributed by atoms with E-state index in [-0.39, 0.29) is 0 Å². The van der Waals surface area contributed by atoms with Crippen LogP contribution in [0.3, 0.4) is 0 Å². The normalized spacial score (nSPS) is 10.8. The molecule has 0 fully saturated rings. The third-order valence-corrected chi connectivity index (χ3v) is 2.38. The number of nitrogens with zero attached hydrogens (tertiary/aromatic N) is 2. The summed E-state index contributed by atoms with van der Waals surface area (Å²) >= 11 is 0. The van der Waals surface area contributed by atoms with E-state index in [1.54, 1.807) is 12.1 Å². The Labute approximate surface area is 106 Å². The number of ether oxygens (including phenoxy) is 1. The molecule has 2 N–H and O–H groups in total. The molecule has 4 nitrogen and oxygen atoms in total. The molecule has 2 aromatic rings. The van der Waals surface area contributed by atoms with E-state index in [4.69, 9.17) is 10.5 Å². The van der Waals surface area contributed by atoms with Crippen LogP contribution in [0.2, 0.25) is 0 Å². The lowest BCUT2D eigenvalue weighted by atomic mass is 10.2. The number of allylic oxidation sites excluding steroid dienone is 1. The summed E-state index contributed by atoms with van der Waals surface area (Å²) in [7, 11) is 0. The van der Waals surface area contributed by atoms with Gasteiger partial charge in [0.05, 0.1) is 5.69 Å². The van der Waals surface area contributed by atoms with Crippen LogP contribution < -0.4 is 10.5 Å². The zero-order valence-corrected chi connectivity index (χ0v) is 10.2. The highest BCUT2D eigenvalue weighted by atomic mass is 16.5. The molecule has 0 aliphatic rings. The average molecular weight is 241 g/mol. The van der Waals surface area contributed by atoms with E-state index < -0.39 is 0 Å². The zero-order chi connectivity index (χ0) is 12.8. The van der Waals surface area contributed by atoms with Crippen molar-refractivity contribution in [1.82, 2.24) is 10.2 Å².